The number of nitrogens with one attached hydrogen (secondary N) is 1. The topological polar surface area (TPSA) is 90.9 Å². The van der Waals surface area contributed by atoms with Crippen LogP contribution in [0.15, 0.2) is 0 Å². The predicted octanol–water partition coefficient (Wildman–Crippen LogP) is 0.180. The monoisotopic (exact) mass is 268 g/mol. The molecule has 1 atom stereocenters. The highest BCUT2D eigenvalue weighted by molar-refractivity contribution is 5.00. The van der Waals surface area contributed by atoms with E-state index in [0.29, 0.717) is 12.2 Å². The van der Waals surface area contributed by atoms with E-state index in [1.54, 1.807) is 14.2 Å². The molecule has 2 rings (SSSR count). The molecule has 1 aliphatic carbocycles. The van der Waals surface area contributed by atoms with Gasteiger partial charge in [0.05, 0.1) is 18.7 Å². The Morgan fingerprint density at radius 2 is 2.21 bits per heavy atom. The van der Waals surface area contributed by atoms with E-state index in [4.69, 9.17) is 10.6 Å². The third kappa shape index (κ3) is 3.10. The lowest BCUT2D eigenvalue weighted by molar-refractivity contribution is -0.0750. The fourth-order valence-electron chi connectivity index (χ4n) is 2.93. The number of aromatic nitrogens is 4. The Labute approximate surface area is 113 Å². The van der Waals surface area contributed by atoms with E-state index in [9.17, 15) is 0 Å². The number of hydrogen-bond acceptors (Lipinski definition) is 6. The molecule has 0 spiro atoms. The number of ether oxygens (including phenoxy) is 1. The summed E-state index contributed by atoms with van der Waals surface area (Å²) in [6.07, 6.45) is 4.99. The van der Waals surface area contributed by atoms with Crippen LogP contribution in [-0.4, -0.2) is 39.0 Å². The first-order chi connectivity index (χ1) is 9.09. The maximum Gasteiger partial charge on any atom is 0.176 e. The first-order valence-corrected chi connectivity index (χ1v) is 6.84. The number of hydrogen-bond donors (Lipinski definition) is 2. The molecule has 1 saturated carbocycles. The van der Waals surface area contributed by atoms with Crippen LogP contribution in [0, 0.1) is 5.92 Å². The van der Waals surface area contributed by atoms with Gasteiger partial charge in [-0.15, -0.1) is 10.2 Å². The Hall–Kier alpha value is -1.05. The second-order valence-corrected chi connectivity index (χ2v) is 5.57. The summed E-state index contributed by atoms with van der Waals surface area (Å²) in [6, 6.07) is 0.00852. The van der Waals surface area contributed by atoms with Gasteiger partial charge < -0.3 is 4.74 Å². The summed E-state index contributed by atoms with van der Waals surface area (Å²) in [7, 11) is 3.53. The molecule has 0 aromatic carbocycles. The van der Waals surface area contributed by atoms with Crippen LogP contribution in [0.5, 0.6) is 0 Å². The van der Waals surface area contributed by atoms with Crippen molar-refractivity contribution in [3.8, 4) is 0 Å². The highest BCUT2D eigenvalue weighted by Gasteiger charge is 2.41. The molecule has 19 heavy (non-hydrogen) atoms. The Balaban J connectivity index is 2.10. The van der Waals surface area contributed by atoms with Gasteiger partial charge >= 0.3 is 0 Å². The second-order valence-electron chi connectivity index (χ2n) is 5.57. The van der Waals surface area contributed by atoms with Gasteiger partial charge in [-0.2, -0.15) is 4.80 Å². The molecular weight excluding hydrogens is 244 g/mol. The summed E-state index contributed by atoms with van der Waals surface area (Å²) in [5.41, 5.74) is 2.67. The zero-order valence-corrected chi connectivity index (χ0v) is 12.0. The molecular formula is C12H24N6O. The number of rotatable bonds is 5. The molecule has 7 heteroatoms. The van der Waals surface area contributed by atoms with E-state index in [1.807, 2.05) is 0 Å². The maximum atomic E-state index is 5.83. The highest BCUT2D eigenvalue weighted by Crippen LogP contribution is 2.37. The number of hydrazine groups is 1. The van der Waals surface area contributed by atoms with Crippen LogP contribution in [0.1, 0.15) is 38.4 Å². The molecule has 108 valence electrons. The molecule has 1 unspecified atom stereocenters. The number of aryl methyl sites for hydroxylation is 1. The molecule has 0 bridgehead atoms. The van der Waals surface area contributed by atoms with Gasteiger partial charge in [-0.3, -0.25) is 11.3 Å². The van der Waals surface area contributed by atoms with Crippen LogP contribution in [0.4, 0.5) is 0 Å². The van der Waals surface area contributed by atoms with Gasteiger partial charge in [0.25, 0.3) is 0 Å². The molecule has 1 aliphatic rings. The molecule has 7 nitrogen and oxygen atoms in total. The summed E-state index contributed by atoms with van der Waals surface area (Å²) in [5.74, 6) is 7.20. The zero-order valence-electron chi connectivity index (χ0n) is 12.0. The van der Waals surface area contributed by atoms with Crippen LogP contribution in [0.25, 0.3) is 0 Å². The summed E-state index contributed by atoms with van der Waals surface area (Å²) in [4.78, 5) is 1.46. The van der Waals surface area contributed by atoms with Crippen molar-refractivity contribution in [1.29, 1.82) is 0 Å². The third-order valence-corrected chi connectivity index (χ3v) is 4.30. The predicted molar refractivity (Wildman–Crippen MR) is 71.0 cm³/mol. The summed E-state index contributed by atoms with van der Waals surface area (Å²) in [5, 5.41) is 12.1. The molecule has 1 aromatic heterocycles. The fraction of sp³-hybridized carbons (Fsp3) is 0.917. The van der Waals surface area contributed by atoms with E-state index >= 15 is 0 Å². The Morgan fingerprint density at radius 1 is 1.53 bits per heavy atom. The van der Waals surface area contributed by atoms with Crippen LogP contribution in [0.2, 0.25) is 0 Å². The van der Waals surface area contributed by atoms with Crippen molar-refractivity contribution in [2.24, 2.45) is 18.8 Å². The van der Waals surface area contributed by atoms with Gasteiger partial charge in [-0.25, -0.2) is 0 Å². The van der Waals surface area contributed by atoms with Crippen LogP contribution in [0.3, 0.4) is 0 Å². The average Bonchev–Trinajstić information content (AvgIpc) is 2.83. The third-order valence-electron chi connectivity index (χ3n) is 4.30. The highest BCUT2D eigenvalue weighted by atomic mass is 16.5. The number of tetrazole rings is 1. The Bertz CT molecular complexity index is 399. The molecule has 0 radical (unpaired) electrons. The Morgan fingerprint density at radius 3 is 2.68 bits per heavy atom. The smallest absolute Gasteiger partial charge is 0.176 e. The van der Waals surface area contributed by atoms with Gasteiger partial charge in [0.1, 0.15) is 0 Å². The van der Waals surface area contributed by atoms with Crippen molar-refractivity contribution in [2.75, 3.05) is 7.11 Å². The van der Waals surface area contributed by atoms with Crippen molar-refractivity contribution in [3.63, 3.8) is 0 Å². The van der Waals surface area contributed by atoms with E-state index in [0.717, 1.165) is 18.8 Å². The van der Waals surface area contributed by atoms with Gasteiger partial charge in [-0.05, 0) is 36.8 Å². The quantitative estimate of drug-likeness (QED) is 0.585. The molecule has 3 N–H and O–H groups in total. The lowest BCUT2D eigenvalue weighted by atomic mass is 9.74. The number of nitrogens with two attached hydrogens (primary N) is 1. The largest absolute Gasteiger partial charge is 0.377 e. The van der Waals surface area contributed by atoms with Gasteiger partial charge in [-0.1, -0.05) is 6.92 Å². The molecule has 1 aromatic rings. The average molecular weight is 268 g/mol. The second kappa shape index (κ2) is 5.94. The summed E-state index contributed by atoms with van der Waals surface area (Å²) >= 11 is 0. The van der Waals surface area contributed by atoms with Crippen molar-refractivity contribution < 1.29 is 4.74 Å². The van der Waals surface area contributed by atoms with Crippen molar-refractivity contribution in [2.45, 2.75) is 50.7 Å². The minimum Gasteiger partial charge on any atom is -0.377 e. The van der Waals surface area contributed by atoms with Crippen molar-refractivity contribution in [1.82, 2.24) is 25.6 Å². The van der Waals surface area contributed by atoms with E-state index in [1.165, 1.54) is 17.6 Å². The first kappa shape index (κ1) is 14.4. The minimum absolute atomic E-state index is 0.00852. The molecule has 1 heterocycles. The fourth-order valence-corrected chi connectivity index (χ4v) is 2.93. The zero-order chi connectivity index (χ0) is 13.9. The van der Waals surface area contributed by atoms with Crippen LogP contribution in [-0.2, 0) is 18.2 Å². The summed E-state index contributed by atoms with van der Waals surface area (Å²) < 4.78 is 5.83. The number of methoxy groups -OCH3 is 1. The lowest BCUT2D eigenvalue weighted by Crippen LogP contribution is -2.57. The van der Waals surface area contributed by atoms with Gasteiger partial charge in [0.15, 0.2) is 5.82 Å². The van der Waals surface area contributed by atoms with Crippen LogP contribution >= 0.6 is 0 Å². The molecule has 0 saturated heterocycles. The van der Waals surface area contributed by atoms with Crippen LogP contribution < -0.4 is 11.3 Å². The standard InChI is InChI=1S/C12H24N6O/c1-9-4-6-12(19-3,7-5-9)10(14-13)8-11-15-17-18(2)16-11/h9-10,14H,4-8,13H2,1-3H3. The van der Waals surface area contributed by atoms with Gasteiger partial charge in [0, 0.05) is 13.5 Å². The van der Waals surface area contributed by atoms with Crippen molar-refractivity contribution >= 4 is 0 Å². The normalized spacial score (nSPS) is 29.4. The van der Waals surface area contributed by atoms with Gasteiger partial charge in [0.2, 0.25) is 0 Å². The van der Waals surface area contributed by atoms with E-state index in [2.05, 4.69) is 27.8 Å². The maximum absolute atomic E-state index is 5.83. The van der Waals surface area contributed by atoms with E-state index in [-0.39, 0.29) is 11.6 Å². The molecule has 0 amide bonds. The molecule has 0 aliphatic heterocycles. The minimum atomic E-state index is -0.222. The van der Waals surface area contributed by atoms with Crippen molar-refractivity contribution in [3.05, 3.63) is 5.82 Å². The Kier molecular flexibility index (Phi) is 4.49. The summed E-state index contributed by atoms with van der Waals surface area (Å²) in [6.45, 7) is 2.29. The first-order valence-electron chi connectivity index (χ1n) is 6.84. The number of nitrogens with zero attached hydrogens (tertiary/aromatic N) is 4. The van der Waals surface area contributed by atoms with E-state index < -0.39 is 0 Å². The molecule has 1 fully saturated rings. The SMILES string of the molecule is COC1(C(Cc2nnn(C)n2)NN)CCC(C)CC1. The lowest BCUT2D eigenvalue weighted by Gasteiger charge is -2.43.